The van der Waals surface area contributed by atoms with Crippen LogP contribution in [0, 0.1) is 0 Å². The van der Waals surface area contributed by atoms with Crippen molar-refractivity contribution in [3.05, 3.63) is 39.8 Å². The number of aromatic nitrogens is 1. The largest absolute Gasteiger partial charge is 0.497 e. The van der Waals surface area contributed by atoms with E-state index in [0.717, 1.165) is 35.0 Å². The van der Waals surface area contributed by atoms with Gasteiger partial charge in [-0.3, -0.25) is 0 Å². The minimum Gasteiger partial charge on any atom is -0.497 e. The van der Waals surface area contributed by atoms with Gasteiger partial charge in [0.05, 0.1) is 12.8 Å². The number of hydrogen-bond donors (Lipinski definition) is 1. The van der Waals surface area contributed by atoms with Crippen LogP contribution in [0.2, 0.25) is 0 Å². The third-order valence-electron chi connectivity index (χ3n) is 2.92. The number of nitrogens with zero attached hydrogens (tertiary/aromatic N) is 1. The molecule has 20 heavy (non-hydrogen) atoms. The molecule has 108 valence electrons. The number of benzene rings is 1. The van der Waals surface area contributed by atoms with Gasteiger partial charge < -0.3 is 15.2 Å². The molecule has 1 aromatic heterocycles. The lowest BCUT2D eigenvalue weighted by Crippen LogP contribution is -1.98. The Hall–Kier alpha value is -1.59. The Labute approximate surface area is 123 Å². The average molecular weight is 292 g/mol. The van der Waals surface area contributed by atoms with Crippen molar-refractivity contribution in [1.29, 1.82) is 0 Å². The first-order valence-electron chi connectivity index (χ1n) is 6.71. The summed E-state index contributed by atoms with van der Waals surface area (Å²) in [6.45, 7) is 3.18. The van der Waals surface area contributed by atoms with Crippen LogP contribution in [0.15, 0.2) is 24.3 Å². The standard InChI is InChI=1S/C15H20N2O2S/c1-3-4-13-14(9-16)20-15(17-13)10-19-12-7-5-11(18-2)6-8-12/h5-8H,3-4,9-10,16H2,1-2H3. The van der Waals surface area contributed by atoms with Gasteiger partial charge in [-0.1, -0.05) is 13.3 Å². The highest BCUT2D eigenvalue weighted by Gasteiger charge is 2.09. The van der Waals surface area contributed by atoms with Crippen LogP contribution in [0.3, 0.4) is 0 Å². The second kappa shape index (κ2) is 7.26. The van der Waals surface area contributed by atoms with Gasteiger partial charge in [-0.15, -0.1) is 11.3 Å². The lowest BCUT2D eigenvalue weighted by atomic mass is 10.2. The zero-order valence-corrected chi connectivity index (χ0v) is 12.7. The molecule has 0 saturated carbocycles. The molecule has 2 rings (SSSR count). The SMILES string of the molecule is CCCc1nc(COc2ccc(OC)cc2)sc1CN. The Morgan fingerprint density at radius 1 is 1.20 bits per heavy atom. The van der Waals surface area contributed by atoms with Crippen LogP contribution in [0.1, 0.15) is 28.9 Å². The van der Waals surface area contributed by atoms with Crippen LogP contribution < -0.4 is 15.2 Å². The van der Waals surface area contributed by atoms with Crippen LogP contribution in [0.25, 0.3) is 0 Å². The van der Waals surface area contributed by atoms with E-state index in [4.69, 9.17) is 15.2 Å². The Morgan fingerprint density at radius 2 is 1.90 bits per heavy atom. The van der Waals surface area contributed by atoms with Crippen LogP contribution in [-0.2, 0) is 19.6 Å². The second-order valence-electron chi connectivity index (χ2n) is 4.40. The van der Waals surface area contributed by atoms with Crippen molar-refractivity contribution in [3.8, 4) is 11.5 Å². The summed E-state index contributed by atoms with van der Waals surface area (Å²) in [5.41, 5.74) is 6.87. The lowest BCUT2D eigenvalue weighted by Gasteiger charge is -2.05. The summed E-state index contributed by atoms with van der Waals surface area (Å²) in [5.74, 6) is 1.63. The topological polar surface area (TPSA) is 57.4 Å². The van der Waals surface area contributed by atoms with E-state index in [9.17, 15) is 0 Å². The van der Waals surface area contributed by atoms with Crippen LogP contribution in [0.4, 0.5) is 0 Å². The zero-order valence-electron chi connectivity index (χ0n) is 11.9. The fourth-order valence-corrected chi connectivity index (χ4v) is 2.81. The van der Waals surface area contributed by atoms with Crippen molar-refractivity contribution >= 4 is 11.3 Å². The Kier molecular flexibility index (Phi) is 5.38. The summed E-state index contributed by atoms with van der Waals surface area (Å²) in [6, 6.07) is 7.54. The van der Waals surface area contributed by atoms with Gasteiger partial charge in [0.15, 0.2) is 0 Å². The highest BCUT2D eigenvalue weighted by atomic mass is 32.1. The van der Waals surface area contributed by atoms with E-state index >= 15 is 0 Å². The minimum absolute atomic E-state index is 0.480. The van der Waals surface area contributed by atoms with E-state index in [1.54, 1.807) is 18.4 Å². The van der Waals surface area contributed by atoms with Gasteiger partial charge in [0.25, 0.3) is 0 Å². The molecular weight excluding hydrogens is 272 g/mol. The van der Waals surface area contributed by atoms with Gasteiger partial charge in [0, 0.05) is 11.4 Å². The summed E-state index contributed by atoms with van der Waals surface area (Å²) in [4.78, 5) is 5.78. The third kappa shape index (κ3) is 3.71. The molecule has 0 aliphatic heterocycles. The van der Waals surface area contributed by atoms with Crippen molar-refractivity contribution in [1.82, 2.24) is 4.98 Å². The van der Waals surface area contributed by atoms with Crippen molar-refractivity contribution in [2.75, 3.05) is 7.11 Å². The number of aryl methyl sites for hydroxylation is 1. The molecule has 0 saturated heterocycles. The maximum atomic E-state index is 5.75. The maximum Gasteiger partial charge on any atom is 0.140 e. The molecule has 0 radical (unpaired) electrons. The molecule has 0 amide bonds. The molecule has 1 heterocycles. The van der Waals surface area contributed by atoms with Crippen LogP contribution in [-0.4, -0.2) is 12.1 Å². The molecule has 0 unspecified atom stereocenters. The van der Waals surface area contributed by atoms with Gasteiger partial charge in [-0.2, -0.15) is 0 Å². The number of ether oxygens (including phenoxy) is 2. The number of nitrogens with two attached hydrogens (primary N) is 1. The average Bonchev–Trinajstić information content (AvgIpc) is 2.88. The third-order valence-corrected chi connectivity index (χ3v) is 4.01. The van der Waals surface area contributed by atoms with Crippen molar-refractivity contribution in [2.45, 2.75) is 32.9 Å². The molecule has 2 N–H and O–H groups in total. The van der Waals surface area contributed by atoms with Crippen molar-refractivity contribution in [3.63, 3.8) is 0 Å². The fourth-order valence-electron chi connectivity index (χ4n) is 1.91. The maximum absolute atomic E-state index is 5.75. The molecule has 0 atom stereocenters. The molecule has 0 spiro atoms. The van der Waals surface area contributed by atoms with E-state index in [-0.39, 0.29) is 0 Å². The van der Waals surface area contributed by atoms with E-state index in [0.29, 0.717) is 13.2 Å². The smallest absolute Gasteiger partial charge is 0.140 e. The van der Waals surface area contributed by atoms with Crippen molar-refractivity contribution in [2.24, 2.45) is 5.73 Å². The Bertz CT molecular complexity index is 537. The van der Waals surface area contributed by atoms with Gasteiger partial charge in [-0.25, -0.2) is 4.98 Å². The molecule has 0 fully saturated rings. The fraction of sp³-hybridized carbons (Fsp3) is 0.400. The normalized spacial score (nSPS) is 10.6. The van der Waals surface area contributed by atoms with E-state index in [1.165, 1.54) is 4.88 Å². The first kappa shape index (κ1) is 14.8. The minimum atomic E-state index is 0.480. The first-order valence-corrected chi connectivity index (χ1v) is 7.52. The molecule has 5 heteroatoms. The summed E-state index contributed by atoms with van der Waals surface area (Å²) in [5, 5.41) is 0.977. The van der Waals surface area contributed by atoms with E-state index in [1.807, 2.05) is 24.3 Å². The number of methoxy groups -OCH3 is 1. The molecule has 1 aromatic carbocycles. The highest BCUT2D eigenvalue weighted by Crippen LogP contribution is 2.22. The highest BCUT2D eigenvalue weighted by molar-refractivity contribution is 7.11. The quantitative estimate of drug-likeness (QED) is 0.851. The summed E-state index contributed by atoms with van der Waals surface area (Å²) < 4.78 is 10.8. The van der Waals surface area contributed by atoms with Gasteiger partial charge >= 0.3 is 0 Å². The number of thiazole rings is 1. The molecule has 2 aromatic rings. The van der Waals surface area contributed by atoms with Crippen LogP contribution in [0.5, 0.6) is 11.5 Å². The Morgan fingerprint density at radius 3 is 2.50 bits per heavy atom. The molecule has 0 aliphatic rings. The zero-order chi connectivity index (χ0) is 14.4. The van der Waals surface area contributed by atoms with Gasteiger partial charge in [-0.05, 0) is 30.7 Å². The Balaban J connectivity index is 1.99. The predicted molar refractivity (Wildman–Crippen MR) is 81.3 cm³/mol. The summed E-state index contributed by atoms with van der Waals surface area (Å²) >= 11 is 1.64. The first-order chi connectivity index (χ1) is 9.76. The molecule has 0 aliphatic carbocycles. The summed E-state index contributed by atoms with van der Waals surface area (Å²) in [6.07, 6.45) is 2.06. The second-order valence-corrected chi connectivity index (χ2v) is 5.56. The molecule has 0 bridgehead atoms. The van der Waals surface area contributed by atoms with E-state index in [2.05, 4.69) is 11.9 Å². The lowest BCUT2D eigenvalue weighted by molar-refractivity contribution is 0.304. The van der Waals surface area contributed by atoms with Gasteiger partial charge in [0.1, 0.15) is 23.1 Å². The monoisotopic (exact) mass is 292 g/mol. The predicted octanol–water partition coefficient (Wildman–Crippen LogP) is 3.14. The molecular formula is C15H20N2O2S. The number of hydrogen-bond acceptors (Lipinski definition) is 5. The van der Waals surface area contributed by atoms with Crippen LogP contribution >= 0.6 is 11.3 Å². The van der Waals surface area contributed by atoms with E-state index < -0.39 is 0 Å². The number of rotatable bonds is 7. The summed E-state index contributed by atoms with van der Waals surface area (Å²) in [7, 11) is 1.65. The van der Waals surface area contributed by atoms with Gasteiger partial charge in [0.2, 0.25) is 0 Å². The molecule has 4 nitrogen and oxygen atoms in total. The van der Waals surface area contributed by atoms with Crippen molar-refractivity contribution < 1.29 is 9.47 Å².